The molecule has 1 aliphatic carbocycles. The van der Waals surface area contributed by atoms with Crippen LogP contribution in [0, 0.1) is 0 Å². The number of fused-ring (bicyclic) bond motifs is 1. The van der Waals surface area contributed by atoms with E-state index in [1.165, 1.54) is 40.1 Å². The Morgan fingerprint density at radius 1 is 1.10 bits per heavy atom. The van der Waals surface area contributed by atoms with Gasteiger partial charge < -0.3 is 10.1 Å². The van der Waals surface area contributed by atoms with Gasteiger partial charge in [-0.1, -0.05) is 29.8 Å². The molecule has 160 valence electrons. The van der Waals surface area contributed by atoms with Crippen LogP contribution in [0.1, 0.15) is 46.4 Å². The van der Waals surface area contributed by atoms with Crippen molar-refractivity contribution >= 4 is 27.5 Å². The zero-order valence-electron chi connectivity index (χ0n) is 16.9. The molecule has 8 heteroatoms. The number of ether oxygens (including phenoxy) is 1. The third-order valence-corrected chi connectivity index (χ3v) is 7.98. The largest absolute Gasteiger partial charge is 0.379 e. The van der Waals surface area contributed by atoms with Gasteiger partial charge in [-0.25, -0.2) is 8.42 Å². The van der Waals surface area contributed by atoms with Crippen LogP contribution < -0.4 is 5.32 Å². The molecule has 0 spiro atoms. The number of morpholine rings is 1. The van der Waals surface area contributed by atoms with E-state index in [9.17, 15) is 13.2 Å². The molecule has 0 bridgehead atoms. The summed E-state index contributed by atoms with van der Waals surface area (Å²) in [7, 11) is -3.71. The number of carbonyl (C=O) groups is 1. The van der Waals surface area contributed by atoms with Crippen LogP contribution in [-0.4, -0.2) is 44.9 Å². The van der Waals surface area contributed by atoms with Crippen molar-refractivity contribution in [1.29, 1.82) is 0 Å². The Morgan fingerprint density at radius 3 is 2.60 bits per heavy atom. The van der Waals surface area contributed by atoms with Crippen molar-refractivity contribution in [3.8, 4) is 0 Å². The van der Waals surface area contributed by atoms with Crippen LogP contribution in [0.3, 0.4) is 0 Å². The summed E-state index contributed by atoms with van der Waals surface area (Å²) in [5.74, 6) is -0.396. The molecule has 1 unspecified atom stereocenters. The van der Waals surface area contributed by atoms with Crippen LogP contribution in [0.15, 0.2) is 41.3 Å². The molecule has 1 saturated heterocycles. The Hall–Kier alpha value is -1.93. The molecular weight excluding hydrogens is 424 g/mol. The highest BCUT2D eigenvalue weighted by Gasteiger charge is 2.28. The number of amides is 1. The van der Waals surface area contributed by atoms with Crippen LogP contribution >= 0.6 is 11.6 Å². The molecule has 1 heterocycles. The maximum absolute atomic E-state index is 12.9. The lowest BCUT2D eigenvalue weighted by molar-refractivity contribution is 0.0730. The third-order valence-electron chi connectivity index (χ3n) is 5.76. The lowest BCUT2D eigenvalue weighted by Crippen LogP contribution is -2.40. The summed E-state index contributed by atoms with van der Waals surface area (Å²) in [5, 5.41) is 3.17. The molecule has 1 amide bonds. The van der Waals surface area contributed by atoms with E-state index in [1.807, 2.05) is 13.0 Å². The first-order valence-electron chi connectivity index (χ1n) is 10.2. The number of hydrogen-bond acceptors (Lipinski definition) is 4. The van der Waals surface area contributed by atoms with E-state index >= 15 is 0 Å². The molecule has 0 aromatic heterocycles. The number of nitrogens with zero attached hydrogens (tertiary/aromatic N) is 1. The predicted molar refractivity (Wildman–Crippen MR) is 115 cm³/mol. The fourth-order valence-electron chi connectivity index (χ4n) is 3.99. The number of carbonyl (C=O) groups excluding carboxylic acids is 1. The topological polar surface area (TPSA) is 75.7 Å². The van der Waals surface area contributed by atoms with Gasteiger partial charge in [0.2, 0.25) is 10.0 Å². The zero-order chi connectivity index (χ0) is 21.3. The van der Waals surface area contributed by atoms with Crippen molar-refractivity contribution in [2.75, 3.05) is 26.3 Å². The Balaban J connectivity index is 1.54. The van der Waals surface area contributed by atoms with Gasteiger partial charge in [0, 0.05) is 13.1 Å². The molecule has 6 nitrogen and oxygen atoms in total. The predicted octanol–water partition coefficient (Wildman–Crippen LogP) is 3.34. The van der Waals surface area contributed by atoms with Gasteiger partial charge in [0.15, 0.2) is 0 Å². The van der Waals surface area contributed by atoms with Gasteiger partial charge in [-0.2, -0.15) is 4.31 Å². The van der Waals surface area contributed by atoms with Crippen molar-refractivity contribution in [2.45, 2.75) is 37.1 Å². The van der Waals surface area contributed by atoms with E-state index in [1.54, 1.807) is 0 Å². The van der Waals surface area contributed by atoms with Gasteiger partial charge >= 0.3 is 0 Å². The molecule has 4 rings (SSSR count). The van der Waals surface area contributed by atoms with E-state index in [2.05, 4.69) is 17.4 Å². The number of halogens is 1. The van der Waals surface area contributed by atoms with Gasteiger partial charge in [0.05, 0.1) is 34.7 Å². The quantitative estimate of drug-likeness (QED) is 0.761. The zero-order valence-corrected chi connectivity index (χ0v) is 18.4. The summed E-state index contributed by atoms with van der Waals surface area (Å²) in [4.78, 5) is 13.0. The summed E-state index contributed by atoms with van der Waals surface area (Å²) in [6, 6.07) is 10.3. The lowest BCUT2D eigenvalue weighted by Gasteiger charge is -2.26. The van der Waals surface area contributed by atoms with Crippen LogP contribution in [0.2, 0.25) is 5.02 Å². The lowest BCUT2D eigenvalue weighted by atomic mass is 10.0. The molecule has 2 aromatic carbocycles. The van der Waals surface area contributed by atoms with E-state index in [4.69, 9.17) is 16.3 Å². The third kappa shape index (κ3) is 4.25. The normalized spacial score (nSPS) is 18.1. The molecule has 2 aromatic rings. The average molecular weight is 449 g/mol. The number of aryl methyl sites for hydroxylation is 2. The number of nitrogens with one attached hydrogen (secondary N) is 1. The summed E-state index contributed by atoms with van der Waals surface area (Å²) < 4.78 is 32.4. The molecule has 2 aliphatic rings. The van der Waals surface area contributed by atoms with Crippen LogP contribution in [-0.2, 0) is 27.6 Å². The van der Waals surface area contributed by atoms with Crippen LogP contribution in [0.5, 0.6) is 0 Å². The minimum atomic E-state index is -3.71. The Bertz CT molecular complexity index is 1060. The maximum Gasteiger partial charge on any atom is 0.253 e. The Labute approximate surface area is 182 Å². The summed E-state index contributed by atoms with van der Waals surface area (Å²) in [6.45, 7) is 3.22. The maximum atomic E-state index is 12.9. The Morgan fingerprint density at radius 2 is 1.83 bits per heavy atom. The number of sulfonamides is 1. The van der Waals surface area contributed by atoms with Gasteiger partial charge in [0.1, 0.15) is 0 Å². The highest BCUT2D eigenvalue weighted by atomic mass is 35.5. The van der Waals surface area contributed by atoms with Crippen molar-refractivity contribution in [1.82, 2.24) is 9.62 Å². The monoisotopic (exact) mass is 448 g/mol. The average Bonchev–Trinajstić information content (AvgIpc) is 3.22. The SMILES string of the molecule is CC(NC(=O)c1cc(S(=O)(=O)N2CCOCC2)ccc1Cl)c1ccc2c(c1)CCC2. The molecule has 1 aliphatic heterocycles. The first-order valence-corrected chi connectivity index (χ1v) is 12.0. The number of rotatable bonds is 5. The minimum Gasteiger partial charge on any atom is -0.379 e. The van der Waals surface area contributed by atoms with Gasteiger partial charge in [-0.3, -0.25) is 4.79 Å². The van der Waals surface area contributed by atoms with Crippen molar-refractivity contribution in [2.24, 2.45) is 0 Å². The van der Waals surface area contributed by atoms with Gasteiger partial charge in [0.25, 0.3) is 5.91 Å². The fraction of sp³-hybridized carbons (Fsp3) is 0.409. The highest BCUT2D eigenvalue weighted by Crippen LogP contribution is 2.27. The minimum absolute atomic E-state index is 0.0594. The summed E-state index contributed by atoms with van der Waals surface area (Å²) in [5.41, 5.74) is 3.89. The highest BCUT2D eigenvalue weighted by molar-refractivity contribution is 7.89. The molecule has 30 heavy (non-hydrogen) atoms. The smallest absolute Gasteiger partial charge is 0.253 e. The first kappa shape index (κ1) is 21.3. The number of hydrogen-bond donors (Lipinski definition) is 1. The van der Waals surface area contributed by atoms with Gasteiger partial charge in [-0.05, 0) is 61.1 Å². The second-order valence-corrected chi connectivity index (χ2v) is 10.1. The molecule has 1 fully saturated rings. The fourth-order valence-corrected chi connectivity index (χ4v) is 5.63. The number of benzene rings is 2. The second-order valence-electron chi connectivity index (χ2n) is 7.73. The van der Waals surface area contributed by atoms with Crippen molar-refractivity contribution in [3.05, 3.63) is 63.7 Å². The summed E-state index contributed by atoms with van der Waals surface area (Å²) in [6.07, 6.45) is 3.34. The van der Waals surface area contributed by atoms with E-state index < -0.39 is 15.9 Å². The van der Waals surface area contributed by atoms with E-state index in [0.29, 0.717) is 26.3 Å². The van der Waals surface area contributed by atoms with Crippen LogP contribution in [0.4, 0.5) is 0 Å². The van der Waals surface area contributed by atoms with Crippen molar-refractivity contribution < 1.29 is 17.9 Å². The molecular formula is C22H25ClN2O4S. The molecule has 0 saturated carbocycles. The van der Waals surface area contributed by atoms with Crippen molar-refractivity contribution in [3.63, 3.8) is 0 Å². The molecule has 0 radical (unpaired) electrons. The van der Waals surface area contributed by atoms with Gasteiger partial charge in [-0.15, -0.1) is 0 Å². The second kappa shape index (κ2) is 8.67. The standard InChI is InChI=1S/C22H25ClN2O4S/c1-15(17-6-5-16-3-2-4-18(16)13-17)24-22(26)20-14-19(7-8-21(20)23)30(27,28)25-9-11-29-12-10-25/h5-8,13-15H,2-4,9-12H2,1H3,(H,24,26). The summed E-state index contributed by atoms with van der Waals surface area (Å²) >= 11 is 6.24. The Kier molecular flexibility index (Phi) is 6.16. The molecule has 1 atom stereocenters. The van der Waals surface area contributed by atoms with Crippen LogP contribution in [0.25, 0.3) is 0 Å². The first-order chi connectivity index (χ1) is 14.4. The van der Waals surface area contributed by atoms with E-state index in [0.717, 1.165) is 18.4 Å². The van der Waals surface area contributed by atoms with E-state index in [-0.39, 0.29) is 21.5 Å². The molecule has 1 N–H and O–H groups in total.